The number of rotatable bonds is 4. The Hall–Kier alpha value is -2.63. The zero-order chi connectivity index (χ0) is 18.9. The highest BCUT2D eigenvalue weighted by Crippen LogP contribution is 2.36. The summed E-state index contributed by atoms with van der Waals surface area (Å²) in [6.07, 6.45) is 3.94. The number of nitrogens with zero attached hydrogens (tertiary/aromatic N) is 3. The van der Waals surface area contributed by atoms with Crippen LogP contribution >= 0.6 is 0 Å². The number of aromatic nitrogens is 1. The molecule has 142 valence electrons. The van der Waals surface area contributed by atoms with Gasteiger partial charge in [0.25, 0.3) is 0 Å². The third-order valence-electron chi connectivity index (χ3n) is 5.76. The molecule has 0 aliphatic carbocycles. The minimum atomic E-state index is -0.844. The molecule has 0 saturated carbocycles. The van der Waals surface area contributed by atoms with E-state index in [4.69, 9.17) is 4.52 Å². The van der Waals surface area contributed by atoms with Gasteiger partial charge >= 0.3 is 0 Å². The molecule has 0 bridgehead atoms. The maximum Gasteiger partial charge on any atom is 0.249 e. The van der Waals surface area contributed by atoms with Crippen molar-refractivity contribution >= 4 is 11.8 Å². The highest BCUT2D eigenvalue weighted by molar-refractivity contribution is 5.92. The largest absolute Gasteiger partial charge is 0.361 e. The Morgan fingerprint density at radius 2 is 1.85 bits per heavy atom. The lowest BCUT2D eigenvalue weighted by Crippen LogP contribution is -2.58. The molecule has 1 atom stereocenters. The summed E-state index contributed by atoms with van der Waals surface area (Å²) in [6.45, 7) is 3.72. The molecule has 2 amide bonds. The Bertz CT molecular complexity index is 826. The lowest BCUT2D eigenvalue weighted by Gasteiger charge is -2.38. The first kappa shape index (κ1) is 17.8. The lowest BCUT2D eigenvalue weighted by molar-refractivity contribution is -0.150. The van der Waals surface area contributed by atoms with Crippen molar-refractivity contribution in [1.29, 1.82) is 0 Å². The van der Waals surface area contributed by atoms with Crippen molar-refractivity contribution in [3.05, 3.63) is 42.2 Å². The van der Waals surface area contributed by atoms with Gasteiger partial charge in [0.15, 0.2) is 0 Å². The quantitative estimate of drug-likeness (QED) is 0.833. The molecular weight excluding hydrogens is 342 g/mol. The summed E-state index contributed by atoms with van der Waals surface area (Å²) >= 11 is 0. The van der Waals surface area contributed by atoms with Crippen molar-refractivity contribution in [2.24, 2.45) is 0 Å². The Balaban J connectivity index is 1.65. The van der Waals surface area contributed by atoms with Gasteiger partial charge in [0, 0.05) is 44.6 Å². The molecule has 1 aromatic carbocycles. The number of benzene rings is 1. The average Bonchev–Trinajstić information content (AvgIpc) is 3.43. The summed E-state index contributed by atoms with van der Waals surface area (Å²) in [6, 6.07) is 11.7. The van der Waals surface area contributed by atoms with E-state index in [-0.39, 0.29) is 11.8 Å². The first-order valence-electron chi connectivity index (χ1n) is 9.69. The van der Waals surface area contributed by atoms with Gasteiger partial charge in [-0.15, -0.1) is 0 Å². The Labute approximate surface area is 159 Å². The van der Waals surface area contributed by atoms with Crippen LogP contribution in [-0.4, -0.2) is 51.9 Å². The van der Waals surface area contributed by atoms with Gasteiger partial charge in [0.1, 0.15) is 17.0 Å². The molecule has 1 aromatic heterocycles. The summed E-state index contributed by atoms with van der Waals surface area (Å²) in [4.78, 5) is 29.4. The fourth-order valence-electron chi connectivity index (χ4n) is 4.46. The average molecular weight is 367 g/mol. The standard InChI is InChI=1S/C21H25N3O3/c1-16(25)24-13-7-10-21(24,20(26)23-11-5-6-12-23)15-18-14-19(22-27-18)17-8-3-2-4-9-17/h2-4,8-9,14H,5-7,10-13,15H2,1H3/t21-/m1/s1. The van der Waals surface area contributed by atoms with Gasteiger partial charge in [0.2, 0.25) is 11.8 Å². The molecule has 3 heterocycles. The zero-order valence-corrected chi connectivity index (χ0v) is 15.7. The SMILES string of the molecule is CC(=O)N1CCC[C@@]1(Cc1cc(-c2ccccc2)no1)C(=O)N1CCCC1. The van der Waals surface area contributed by atoms with Crippen molar-refractivity contribution in [3.63, 3.8) is 0 Å². The van der Waals surface area contributed by atoms with Crippen LogP contribution in [0.2, 0.25) is 0 Å². The second-order valence-electron chi connectivity index (χ2n) is 7.53. The smallest absolute Gasteiger partial charge is 0.249 e. The van der Waals surface area contributed by atoms with Gasteiger partial charge in [-0.1, -0.05) is 35.5 Å². The number of carbonyl (C=O) groups excluding carboxylic acids is 2. The Morgan fingerprint density at radius 1 is 1.11 bits per heavy atom. The third kappa shape index (κ3) is 3.24. The predicted octanol–water partition coefficient (Wildman–Crippen LogP) is 2.89. The van der Waals surface area contributed by atoms with E-state index in [9.17, 15) is 9.59 Å². The van der Waals surface area contributed by atoms with Gasteiger partial charge < -0.3 is 14.3 Å². The molecule has 4 rings (SSSR count). The van der Waals surface area contributed by atoms with E-state index < -0.39 is 5.54 Å². The molecule has 6 nitrogen and oxygen atoms in total. The Kier molecular flexibility index (Phi) is 4.72. The van der Waals surface area contributed by atoms with Gasteiger partial charge in [-0.05, 0) is 25.7 Å². The van der Waals surface area contributed by atoms with Crippen LogP contribution in [0.1, 0.15) is 38.4 Å². The van der Waals surface area contributed by atoms with Crippen LogP contribution in [0, 0.1) is 0 Å². The first-order chi connectivity index (χ1) is 13.1. The fraction of sp³-hybridized carbons (Fsp3) is 0.476. The topological polar surface area (TPSA) is 66.7 Å². The van der Waals surface area contributed by atoms with E-state index in [2.05, 4.69) is 5.16 Å². The first-order valence-corrected chi connectivity index (χ1v) is 9.69. The van der Waals surface area contributed by atoms with Crippen LogP contribution in [0.15, 0.2) is 40.9 Å². The van der Waals surface area contributed by atoms with Crippen LogP contribution in [0.5, 0.6) is 0 Å². The van der Waals surface area contributed by atoms with E-state index in [0.717, 1.165) is 43.6 Å². The maximum atomic E-state index is 13.4. The highest BCUT2D eigenvalue weighted by atomic mass is 16.5. The number of amides is 2. The molecule has 0 unspecified atom stereocenters. The molecule has 6 heteroatoms. The van der Waals surface area contributed by atoms with Crippen LogP contribution in [0.25, 0.3) is 11.3 Å². The fourth-order valence-corrected chi connectivity index (χ4v) is 4.46. The third-order valence-corrected chi connectivity index (χ3v) is 5.76. The molecule has 0 N–H and O–H groups in total. The molecule has 2 saturated heterocycles. The predicted molar refractivity (Wildman–Crippen MR) is 101 cm³/mol. The van der Waals surface area contributed by atoms with Crippen molar-refractivity contribution < 1.29 is 14.1 Å². The van der Waals surface area contributed by atoms with Crippen LogP contribution in [0.4, 0.5) is 0 Å². The normalized spacial score (nSPS) is 22.4. The number of hydrogen-bond donors (Lipinski definition) is 0. The second-order valence-corrected chi connectivity index (χ2v) is 7.53. The number of hydrogen-bond acceptors (Lipinski definition) is 4. The van der Waals surface area contributed by atoms with Crippen LogP contribution < -0.4 is 0 Å². The van der Waals surface area contributed by atoms with Crippen molar-refractivity contribution in [2.45, 2.75) is 44.6 Å². The zero-order valence-electron chi connectivity index (χ0n) is 15.7. The molecule has 27 heavy (non-hydrogen) atoms. The van der Waals surface area contributed by atoms with E-state index in [0.29, 0.717) is 25.1 Å². The summed E-state index contributed by atoms with van der Waals surface area (Å²) in [5.74, 6) is 0.655. The molecular formula is C21H25N3O3. The van der Waals surface area contributed by atoms with Crippen molar-refractivity contribution in [3.8, 4) is 11.3 Å². The number of likely N-dealkylation sites (tertiary alicyclic amines) is 2. The number of carbonyl (C=O) groups is 2. The summed E-state index contributed by atoms with van der Waals surface area (Å²) < 4.78 is 5.59. The Morgan fingerprint density at radius 3 is 2.56 bits per heavy atom. The van der Waals surface area contributed by atoms with Crippen molar-refractivity contribution in [2.75, 3.05) is 19.6 Å². The maximum absolute atomic E-state index is 13.4. The molecule has 2 aliphatic heterocycles. The summed E-state index contributed by atoms with van der Waals surface area (Å²) in [5, 5.41) is 4.18. The van der Waals surface area contributed by atoms with E-state index in [1.165, 1.54) is 0 Å². The minimum Gasteiger partial charge on any atom is -0.361 e. The van der Waals surface area contributed by atoms with Gasteiger partial charge in [-0.3, -0.25) is 9.59 Å². The molecule has 2 fully saturated rings. The van der Waals surface area contributed by atoms with E-state index in [1.54, 1.807) is 11.8 Å². The van der Waals surface area contributed by atoms with E-state index >= 15 is 0 Å². The van der Waals surface area contributed by atoms with Gasteiger partial charge in [0.05, 0.1) is 0 Å². The van der Waals surface area contributed by atoms with Crippen LogP contribution in [-0.2, 0) is 16.0 Å². The van der Waals surface area contributed by atoms with Gasteiger partial charge in [-0.25, -0.2) is 0 Å². The monoisotopic (exact) mass is 367 g/mol. The highest BCUT2D eigenvalue weighted by Gasteiger charge is 2.51. The molecule has 0 spiro atoms. The molecule has 2 aliphatic rings. The minimum absolute atomic E-state index is 0.0529. The molecule has 0 radical (unpaired) electrons. The second kappa shape index (κ2) is 7.18. The molecule has 2 aromatic rings. The summed E-state index contributed by atoms with van der Waals surface area (Å²) in [7, 11) is 0. The van der Waals surface area contributed by atoms with Gasteiger partial charge in [-0.2, -0.15) is 0 Å². The van der Waals surface area contributed by atoms with Crippen molar-refractivity contribution in [1.82, 2.24) is 15.0 Å². The van der Waals surface area contributed by atoms with Crippen LogP contribution in [0.3, 0.4) is 0 Å². The summed E-state index contributed by atoms with van der Waals surface area (Å²) in [5.41, 5.74) is 0.882. The lowest BCUT2D eigenvalue weighted by atomic mass is 9.88. The van der Waals surface area contributed by atoms with E-state index in [1.807, 2.05) is 41.3 Å².